The number of rotatable bonds is 4. The molecule has 1 fully saturated rings. The van der Waals surface area contributed by atoms with E-state index >= 15 is 0 Å². The maximum atomic E-state index is 12.0. The number of benzene rings is 1. The Hall–Kier alpha value is -2.70. The van der Waals surface area contributed by atoms with Crippen molar-refractivity contribution in [2.45, 2.75) is 6.92 Å². The Labute approximate surface area is 127 Å². The Balaban J connectivity index is 2.25. The summed E-state index contributed by atoms with van der Waals surface area (Å²) in [5.41, 5.74) is 0.525. The number of esters is 1. The molecular formula is C15H16N2O5. The maximum Gasteiger partial charge on any atom is 0.379 e. The molecule has 7 heteroatoms. The van der Waals surface area contributed by atoms with Crippen LogP contribution < -0.4 is 4.90 Å². The van der Waals surface area contributed by atoms with Crippen LogP contribution in [0, 0.1) is 0 Å². The number of anilines is 1. The van der Waals surface area contributed by atoms with Crippen molar-refractivity contribution >= 4 is 29.3 Å². The zero-order valence-electron chi connectivity index (χ0n) is 12.4. The third-order valence-corrected chi connectivity index (χ3v) is 3.27. The average molecular weight is 304 g/mol. The van der Waals surface area contributed by atoms with Gasteiger partial charge in [-0.1, -0.05) is 12.1 Å². The summed E-state index contributed by atoms with van der Waals surface area (Å²) >= 11 is 0. The number of likely N-dealkylation sites (N-methyl/N-ethyl adjacent to an activating group) is 1. The van der Waals surface area contributed by atoms with Gasteiger partial charge in [-0.15, -0.1) is 0 Å². The first-order valence-electron chi connectivity index (χ1n) is 6.80. The molecule has 116 valence electrons. The van der Waals surface area contributed by atoms with E-state index in [-0.39, 0.29) is 37.1 Å². The maximum absolute atomic E-state index is 12.0. The Kier molecular flexibility index (Phi) is 4.55. The second kappa shape index (κ2) is 6.38. The number of Topliss-reactive ketones (excluding diaryl/α,β-unsaturated/α-hetero) is 1. The number of ketones is 1. The van der Waals surface area contributed by atoms with Crippen molar-refractivity contribution in [1.29, 1.82) is 0 Å². The smallest absolute Gasteiger partial charge is 0.379 e. The number of piperazine rings is 1. The Morgan fingerprint density at radius 3 is 2.59 bits per heavy atom. The van der Waals surface area contributed by atoms with Gasteiger partial charge in [-0.25, -0.2) is 4.79 Å². The van der Waals surface area contributed by atoms with E-state index in [4.69, 9.17) is 0 Å². The molecule has 0 unspecified atom stereocenters. The topological polar surface area (TPSA) is 84.0 Å². The fourth-order valence-electron chi connectivity index (χ4n) is 2.09. The van der Waals surface area contributed by atoms with Crippen LogP contribution in [0.2, 0.25) is 0 Å². The highest BCUT2D eigenvalue weighted by Crippen LogP contribution is 2.19. The van der Waals surface area contributed by atoms with Gasteiger partial charge in [0, 0.05) is 18.3 Å². The summed E-state index contributed by atoms with van der Waals surface area (Å²) in [6.45, 7) is 1.60. The van der Waals surface area contributed by atoms with Gasteiger partial charge in [-0.2, -0.15) is 0 Å². The number of amides is 2. The first-order valence-corrected chi connectivity index (χ1v) is 6.80. The molecule has 7 nitrogen and oxygen atoms in total. The van der Waals surface area contributed by atoms with E-state index in [1.54, 1.807) is 26.1 Å². The molecule has 1 saturated heterocycles. The molecule has 0 saturated carbocycles. The summed E-state index contributed by atoms with van der Waals surface area (Å²) in [5, 5.41) is 0. The highest BCUT2D eigenvalue weighted by molar-refractivity contribution is 6.40. The van der Waals surface area contributed by atoms with Crippen molar-refractivity contribution in [1.82, 2.24) is 4.90 Å². The van der Waals surface area contributed by atoms with Crippen molar-refractivity contribution < 1.29 is 23.9 Å². The summed E-state index contributed by atoms with van der Waals surface area (Å²) in [5.74, 6) is -2.17. The summed E-state index contributed by atoms with van der Waals surface area (Å²) in [4.78, 5) is 49.8. The SMILES string of the molecule is CCOC(=O)C(=O)c1cccc(N2CC(=O)N(C)CC2=O)c1. The van der Waals surface area contributed by atoms with Gasteiger partial charge in [0.2, 0.25) is 11.8 Å². The van der Waals surface area contributed by atoms with Gasteiger partial charge in [0.25, 0.3) is 5.78 Å². The molecule has 0 N–H and O–H groups in total. The molecule has 22 heavy (non-hydrogen) atoms. The lowest BCUT2D eigenvalue weighted by atomic mass is 10.1. The quantitative estimate of drug-likeness (QED) is 0.452. The lowest BCUT2D eigenvalue weighted by Gasteiger charge is -2.31. The van der Waals surface area contributed by atoms with Gasteiger partial charge in [0.15, 0.2) is 0 Å². The van der Waals surface area contributed by atoms with Crippen LogP contribution in [0.5, 0.6) is 0 Å². The molecule has 1 aromatic carbocycles. The average Bonchev–Trinajstić information content (AvgIpc) is 2.50. The molecular weight excluding hydrogens is 288 g/mol. The predicted octanol–water partition coefficient (Wildman–Crippen LogP) is 0.237. The van der Waals surface area contributed by atoms with E-state index in [1.165, 1.54) is 21.9 Å². The molecule has 0 atom stereocenters. The summed E-state index contributed by atoms with van der Waals surface area (Å²) in [7, 11) is 1.55. The molecule has 0 aliphatic carbocycles. The summed E-state index contributed by atoms with van der Waals surface area (Å²) in [6.07, 6.45) is 0. The van der Waals surface area contributed by atoms with Crippen molar-refractivity contribution in [3.05, 3.63) is 29.8 Å². The van der Waals surface area contributed by atoms with E-state index < -0.39 is 11.8 Å². The molecule has 1 aromatic rings. The zero-order valence-corrected chi connectivity index (χ0v) is 12.4. The van der Waals surface area contributed by atoms with Crippen LogP contribution in [0.4, 0.5) is 5.69 Å². The number of nitrogens with zero attached hydrogens (tertiary/aromatic N) is 2. The molecule has 2 rings (SSSR count). The lowest BCUT2D eigenvalue weighted by molar-refractivity contribution is -0.137. The van der Waals surface area contributed by atoms with Crippen LogP contribution in [0.25, 0.3) is 0 Å². The standard InChI is InChI=1S/C15H16N2O5/c1-3-22-15(21)14(20)10-5-4-6-11(7-10)17-9-12(18)16(2)8-13(17)19/h4-7H,3,8-9H2,1-2H3. The van der Waals surface area contributed by atoms with Gasteiger partial charge in [-0.3, -0.25) is 14.4 Å². The van der Waals surface area contributed by atoms with Crippen molar-refractivity contribution in [3.63, 3.8) is 0 Å². The fraction of sp³-hybridized carbons (Fsp3) is 0.333. The second-order valence-corrected chi connectivity index (χ2v) is 4.83. The minimum absolute atomic E-state index is 0.0190. The second-order valence-electron chi connectivity index (χ2n) is 4.83. The van der Waals surface area contributed by atoms with Crippen LogP contribution in [0.15, 0.2) is 24.3 Å². The Morgan fingerprint density at radius 1 is 1.18 bits per heavy atom. The molecule has 1 aliphatic rings. The van der Waals surface area contributed by atoms with Crippen molar-refractivity contribution in [3.8, 4) is 0 Å². The number of hydrogen-bond donors (Lipinski definition) is 0. The molecule has 0 aromatic heterocycles. The van der Waals surface area contributed by atoms with Gasteiger partial charge in [-0.05, 0) is 19.1 Å². The minimum Gasteiger partial charge on any atom is -0.460 e. The zero-order chi connectivity index (χ0) is 16.3. The van der Waals surface area contributed by atoms with E-state index in [2.05, 4.69) is 4.74 Å². The van der Waals surface area contributed by atoms with Gasteiger partial charge < -0.3 is 14.5 Å². The monoisotopic (exact) mass is 304 g/mol. The minimum atomic E-state index is -0.944. The van der Waals surface area contributed by atoms with Crippen molar-refractivity contribution in [2.24, 2.45) is 0 Å². The fourth-order valence-corrected chi connectivity index (χ4v) is 2.09. The summed E-state index contributed by atoms with van der Waals surface area (Å²) in [6, 6.07) is 6.04. The molecule has 0 radical (unpaired) electrons. The predicted molar refractivity (Wildman–Crippen MR) is 77.4 cm³/mol. The van der Waals surface area contributed by atoms with E-state index in [0.717, 1.165) is 0 Å². The first kappa shape index (κ1) is 15.7. The van der Waals surface area contributed by atoms with E-state index in [1.807, 2.05) is 0 Å². The number of hydrogen-bond acceptors (Lipinski definition) is 5. The molecule has 0 bridgehead atoms. The van der Waals surface area contributed by atoms with Crippen LogP contribution in [-0.2, 0) is 19.1 Å². The molecule has 1 heterocycles. The van der Waals surface area contributed by atoms with Crippen LogP contribution in [0.1, 0.15) is 17.3 Å². The van der Waals surface area contributed by atoms with Gasteiger partial charge >= 0.3 is 5.97 Å². The third-order valence-electron chi connectivity index (χ3n) is 3.27. The number of carbonyl (C=O) groups is 4. The van der Waals surface area contributed by atoms with Crippen LogP contribution >= 0.6 is 0 Å². The number of carbonyl (C=O) groups excluding carboxylic acids is 4. The molecule has 2 amide bonds. The largest absolute Gasteiger partial charge is 0.460 e. The highest BCUT2D eigenvalue weighted by Gasteiger charge is 2.29. The van der Waals surface area contributed by atoms with Gasteiger partial charge in [0.1, 0.15) is 6.54 Å². The lowest BCUT2D eigenvalue weighted by Crippen LogP contribution is -2.52. The molecule has 1 aliphatic heterocycles. The number of ether oxygens (including phenoxy) is 1. The van der Waals surface area contributed by atoms with Crippen LogP contribution in [-0.4, -0.2) is 55.2 Å². The first-order chi connectivity index (χ1) is 10.4. The van der Waals surface area contributed by atoms with Gasteiger partial charge in [0.05, 0.1) is 13.2 Å². The normalized spacial score (nSPS) is 15.0. The third kappa shape index (κ3) is 3.13. The van der Waals surface area contributed by atoms with Crippen LogP contribution in [0.3, 0.4) is 0 Å². The summed E-state index contributed by atoms with van der Waals surface area (Å²) < 4.78 is 4.67. The Morgan fingerprint density at radius 2 is 1.91 bits per heavy atom. The van der Waals surface area contributed by atoms with E-state index in [0.29, 0.717) is 5.69 Å². The molecule has 0 spiro atoms. The highest BCUT2D eigenvalue weighted by atomic mass is 16.5. The Bertz CT molecular complexity index is 641. The van der Waals surface area contributed by atoms with Crippen molar-refractivity contribution in [2.75, 3.05) is 31.6 Å². The van der Waals surface area contributed by atoms with E-state index in [9.17, 15) is 19.2 Å².